The Hall–Kier alpha value is -2.64. The van der Waals surface area contributed by atoms with Crippen LogP contribution in [0.3, 0.4) is 0 Å². The van der Waals surface area contributed by atoms with E-state index in [2.05, 4.69) is 25.6 Å². The standard InChI is InChI=1S/C6H8N2O2.C5H5N3O/c1-9-5-3-4-7-6(8-5)10-2;9-5-4-3(1-6-5)7-2-8-4/h3-4H,1-2H3;1,7H,2H2,(H,6,9). The molecule has 0 fully saturated rings. The Morgan fingerprint density at radius 2 is 2.16 bits per heavy atom. The molecule has 0 saturated carbocycles. The third kappa shape index (κ3) is 2.97. The van der Waals surface area contributed by atoms with E-state index in [1.54, 1.807) is 25.6 Å². The molecule has 2 N–H and O–H groups in total. The van der Waals surface area contributed by atoms with Crippen LogP contribution in [0.4, 0.5) is 0 Å². The molecule has 1 aromatic rings. The molecule has 2 aliphatic heterocycles. The van der Waals surface area contributed by atoms with E-state index < -0.39 is 0 Å². The summed E-state index contributed by atoms with van der Waals surface area (Å²) >= 11 is 0. The molecule has 0 aromatic carbocycles. The van der Waals surface area contributed by atoms with Crippen LogP contribution in [0.2, 0.25) is 0 Å². The van der Waals surface area contributed by atoms with E-state index in [0.717, 1.165) is 5.70 Å². The number of rotatable bonds is 2. The van der Waals surface area contributed by atoms with Crippen LogP contribution in [0, 0.1) is 0 Å². The Labute approximate surface area is 109 Å². The molecule has 19 heavy (non-hydrogen) atoms. The topological polar surface area (TPSA) is 97.7 Å². The second kappa shape index (κ2) is 5.80. The minimum Gasteiger partial charge on any atom is -0.481 e. The fraction of sp³-hybridized carbons (Fsp3) is 0.273. The summed E-state index contributed by atoms with van der Waals surface area (Å²) in [6.07, 6.45) is 3.21. The van der Waals surface area contributed by atoms with Crippen LogP contribution in [0.5, 0.6) is 11.9 Å². The van der Waals surface area contributed by atoms with Gasteiger partial charge in [0.25, 0.3) is 5.91 Å². The van der Waals surface area contributed by atoms with Gasteiger partial charge in [-0.2, -0.15) is 4.98 Å². The molecule has 2 aliphatic rings. The zero-order valence-electron chi connectivity index (χ0n) is 10.5. The maximum Gasteiger partial charge on any atom is 0.319 e. The van der Waals surface area contributed by atoms with Gasteiger partial charge in [0.05, 0.1) is 19.9 Å². The first-order valence-corrected chi connectivity index (χ1v) is 5.45. The van der Waals surface area contributed by atoms with Gasteiger partial charge >= 0.3 is 6.01 Å². The van der Waals surface area contributed by atoms with E-state index in [1.807, 2.05) is 0 Å². The van der Waals surface area contributed by atoms with E-state index >= 15 is 0 Å². The van der Waals surface area contributed by atoms with Crippen LogP contribution in [-0.4, -0.2) is 42.5 Å². The molecule has 3 rings (SSSR count). The Morgan fingerprint density at radius 3 is 2.84 bits per heavy atom. The molecule has 1 aromatic heterocycles. The normalized spacial score (nSPS) is 15.2. The van der Waals surface area contributed by atoms with Gasteiger partial charge in [-0.25, -0.2) is 4.98 Å². The van der Waals surface area contributed by atoms with Crippen LogP contribution in [-0.2, 0) is 4.79 Å². The van der Waals surface area contributed by atoms with Gasteiger partial charge in [0.15, 0.2) is 0 Å². The second-order valence-electron chi connectivity index (χ2n) is 3.46. The Morgan fingerprint density at radius 1 is 1.32 bits per heavy atom. The summed E-state index contributed by atoms with van der Waals surface area (Å²) in [4.78, 5) is 22.3. The monoisotopic (exact) mass is 263 g/mol. The Bertz CT molecular complexity index is 522. The van der Waals surface area contributed by atoms with Crippen molar-refractivity contribution in [3.63, 3.8) is 0 Å². The van der Waals surface area contributed by atoms with Crippen LogP contribution in [0.25, 0.3) is 0 Å². The predicted octanol–water partition coefficient (Wildman–Crippen LogP) is -0.547. The third-order valence-electron chi connectivity index (χ3n) is 2.32. The second-order valence-corrected chi connectivity index (χ2v) is 3.46. The maximum atomic E-state index is 10.7. The molecular formula is C11H13N5O3. The molecule has 0 atom stereocenters. The van der Waals surface area contributed by atoms with Gasteiger partial charge in [-0.1, -0.05) is 0 Å². The molecule has 3 heterocycles. The quantitative estimate of drug-likeness (QED) is 0.743. The summed E-state index contributed by atoms with van der Waals surface area (Å²) in [6.45, 7) is 0.536. The molecule has 0 radical (unpaired) electrons. The van der Waals surface area contributed by atoms with Crippen molar-refractivity contribution in [3.05, 3.63) is 24.2 Å². The number of carbonyl (C=O) groups is 1. The maximum absolute atomic E-state index is 10.7. The molecule has 0 aliphatic carbocycles. The molecule has 1 amide bonds. The summed E-state index contributed by atoms with van der Waals surface area (Å²) in [6, 6.07) is 1.97. The van der Waals surface area contributed by atoms with Gasteiger partial charge in [0, 0.05) is 18.5 Å². The Balaban J connectivity index is 0.000000141. The summed E-state index contributed by atoms with van der Waals surface area (Å²) in [7, 11) is 3.05. The van der Waals surface area contributed by atoms with Gasteiger partial charge in [0.1, 0.15) is 12.4 Å². The number of amides is 1. The number of hydrogen-bond acceptors (Lipinski definition) is 7. The highest BCUT2D eigenvalue weighted by Crippen LogP contribution is 2.07. The first-order chi connectivity index (χ1) is 9.24. The fourth-order valence-corrected chi connectivity index (χ4v) is 1.43. The van der Waals surface area contributed by atoms with Crippen LogP contribution >= 0.6 is 0 Å². The van der Waals surface area contributed by atoms with Crippen LogP contribution < -0.4 is 20.1 Å². The lowest BCUT2D eigenvalue weighted by Crippen LogP contribution is -2.18. The van der Waals surface area contributed by atoms with Crippen LogP contribution in [0.1, 0.15) is 0 Å². The van der Waals surface area contributed by atoms with Crippen molar-refractivity contribution in [2.75, 3.05) is 20.9 Å². The van der Waals surface area contributed by atoms with Gasteiger partial charge in [-0.05, 0) is 0 Å². The Kier molecular flexibility index (Phi) is 3.91. The summed E-state index contributed by atoms with van der Waals surface area (Å²) < 4.78 is 9.58. The van der Waals surface area contributed by atoms with E-state index in [4.69, 9.17) is 9.47 Å². The van der Waals surface area contributed by atoms with Crippen LogP contribution in [0.15, 0.2) is 29.2 Å². The summed E-state index contributed by atoms with van der Waals surface area (Å²) in [5, 5.41) is 5.45. The number of methoxy groups -OCH3 is 2. The van der Waals surface area contributed by atoms with Gasteiger partial charge < -0.3 is 20.1 Å². The molecule has 8 nitrogen and oxygen atoms in total. The lowest BCUT2D eigenvalue weighted by atomic mass is 10.3. The minimum atomic E-state index is -0.102. The van der Waals surface area contributed by atoms with Crippen molar-refractivity contribution in [2.24, 2.45) is 4.99 Å². The lowest BCUT2D eigenvalue weighted by molar-refractivity contribution is -0.113. The first-order valence-electron chi connectivity index (χ1n) is 5.45. The molecule has 0 saturated heterocycles. The van der Waals surface area contributed by atoms with E-state index in [-0.39, 0.29) is 5.91 Å². The predicted molar refractivity (Wildman–Crippen MR) is 66.8 cm³/mol. The minimum absolute atomic E-state index is 0.102. The van der Waals surface area contributed by atoms with Crippen molar-refractivity contribution < 1.29 is 14.3 Å². The van der Waals surface area contributed by atoms with Crippen molar-refractivity contribution in [1.82, 2.24) is 20.6 Å². The highest BCUT2D eigenvalue weighted by Gasteiger charge is 2.24. The molecule has 0 unspecified atom stereocenters. The zero-order valence-corrected chi connectivity index (χ0v) is 10.5. The number of aromatic nitrogens is 2. The summed E-state index contributed by atoms with van der Waals surface area (Å²) in [5.74, 6) is 0.404. The lowest BCUT2D eigenvalue weighted by Gasteiger charge is -1.98. The van der Waals surface area contributed by atoms with Crippen molar-refractivity contribution in [1.29, 1.82) is 0 Å². The number of hydrogen-bond donors (Lipinski definition) is 2. The molecule has 8 heteroatoms. The highest BCUT2D eigenvalue weighted by molar-refractivity contribution is 6.47. The van der Waals surface area contributed by atoms with E-state index in [9.17, 15) is 4.79 Å². The fourth-order valence-electron chi connectivity index (χ4n) is 1.43. The first kappa shape index (κ1) is 12.8. The third-order valence-corrected chi connectivity index (χ3v) is 2.32. The van der Waals surface area contributed by atoms with Gasteiger partial charge in [0.2, 0.25) is 5.88 Å². The molecular weight excluding hydrogens is 250 g/mol. The number of ether oxygens (including phenoxy) is 2. The smallest absolute Gasteiger partial charge is 0.319 e. The van der Waals surface area contributed by atoms with E-state index in [0.29, 0.717) is 24.3 Å². The largest absolute Gasteiger partial charge is 0.481 e. The van der Waals surface area contributed by atoms with Gasteiger partial charge in [-0.3, -0.25) is 9.79 Å². The highest BCUT2D eigenvalue weighted by atomic mass is 16.5. The van der Waals surface area contributed by atoms with Crippen molar-refractivity contribution in [2.45, 2.75) is 0 Å². The number of fused-ring (bicyclic) bond motifs is 1. The molecule has 100 valence electrons. The van der Waals surface area contributed by atoms with Gasteiger partial charge in [-0.15, -0.1) is 0 Å². The SMILES string of the molecule is COc1ccnc(OC)n1.O=C1NC=C2NCN=C12. The average molecular weight is 263 g/mol. The zero-order chi connectivity index (χ0) is 13.7. The number of nitrogens with zero attached hydrogens (tertiary/aromatic N) is 3. The van der Waals surface area contributed by atoms with E-state index in [1.165, 1.54) is 7.11 Å². The molecule has 0 spiro atoms. The van der Waals surface area contributed by atoms with Crippen molar-refractivity contribution >= 4 is 11.6 Å². The number of carbonyl (C=O) groups excluding carboxylic acids is 1. The number of aliphatic imine (C=N–C) groups is 1. The molecule has 0 bridgehead atoms. The number of nitrogens with one attached hydrogen (secondary N) is 2. The average Bonchev–Trinajstić information content (AvgIpc) is 3.05. The summed E-state index contributed by atoms with van der Waals surface area (Å²) in [5.41, 5.74) is 1.36. The van der Waals surface area contributed by atoms with Crippen molar-refractivity contribution in [3.8, 4) is 11.9 Å².